The number of rotatable bonds is 5. The first-order chi connectivity index (χ1) is 12.8. The minimum Gasteiger partial charge on any atom is -0.487 e. The fourth-order valence-electron chi connectivity index (χ4n) is 4.37. The molecule has 150 valence electrons. The third-order valence-electron chi connectivity index (χ3n) is 5.94. The van der Waals surface area contributed by atoms with Crippen molar-refractivity contribution in [3.8, 4) is 5.75 Å². The van der Waals surface area contributed by atoms with Gasteiger partial charge >= 0.3 is 0 Å². The van der Waals surface area contributed by atoms with Crippen LogP contribution in [0.4, 0.5) is 0 Å². The average molecular weight is 395 g/mol. The molecule has 2 heterocycles. The number of carbonyl (C=O) groups is 1. The van der Waals surface area contributed by atoms with Crippen LogP contribution in [0.25, 0.3) is 0 Å². The second-order valence-electron chi connectivity index (χ2n) is 7.66. The summed E-state index contributed by atoms with van der Waals surface area (Å²) in [5.41, 5.74) is 0.707. The van der Waals surface area contributed by atoms with E-state index >= 15 is 0 Å². The lowest BCUT2D eigenvalue weighted by Crippen LogP contribution is -2.51. The standard InChI is InChI=1S/C20H30N2O4S/c1-4-21(5-2)19(23)14-16-15-20(26-18-9-7-6-8-17(16)18)10-12-22(13-11-20)27(3,24)25/h6-9,16H,4-5,10-15H2,1-3H3. The summed E-state index contributed by atoms with van der Waals surface area (Å²) in [5, 5.41) is 0. The fraction of sp³-hybridized carbons (Fsp3) is 0.650. The first-order valence-electron chi connectivity index (χ1n) is 9.79. The predicted octanol–water partition coefficient (Wildman–Crippen LogP) is 2.61. The third-order valence-corrected chi connectivity index (χ3v) is 7.25. The molecule has 1 atom stereocenters. The highest BCUT2D eigenvalue weighted by atomic mass is 32.2. The van der Waals surface area contributed by atoms with E-state index in [9.17, 15) is 13.2 Å². The molecule has 27 heavy (non-hydrogen) atoms. The van der Waals surface area contributed by atoms with Crippen LogP contribution >= 0.6 is 0 Å². The molecule has 1 saturated heterocycles. The molecule has 1 aromatic rings. The molecular weight excluding hydrogens is 364 g/mol. The number of carbonyl (C=O) groups excluding carboxylic acids is 1. The second-order valence-corrected chi connectivity index (χ2v) is 9.64. The average Bonchev–Trinajstić information content (AvgIpc) is 2.62. The van der Waals surface area contributed by atoms with E-state index in [0.29, 0.717) is 45.4 Å². The molecule has 1 fully saturated rings. The first-order valence-corrected chi connectivity index (χ1v) is 11.6. The molecule has 1 spiro atoms. The molecule has 2 aliphatic heterocycles. The number of amides is 1. The highest BCUT2D eigenvalue weighted by molar-refractivity contribution is 7.88. The maximum Gasteiger partial charge on any atom is 0.223 e. The Hall–Kier alpha value is -1.60. The Kier molecular flexibility index (Phi) is 5.82. The van der Waals surface area contributed by atoms with Crippen molar-refractivity contribution in [2.75, 3.05) is 32.4 Å². The molecule has 1 amide bonds. The minimum absolute atomic E-state index is 0.104. The van der Waals surface area contributed by atoms with E-state index < -0.39 is 10.0 Å². The maximum atomic E-state index is 12.7. The van der Waals surface area contributed by atoms with Gasteiger partial charge in [-0.05, 0) is 31.9 Å². The van der Waals surface area contributed by atoms with E-state index in [-0.39, 0.29) is 17.4 Å². The summed E-state index contributed by atoms with van der Waals surface area (Å²) in [6.07, 6.45) is 3.80. The van der Waals surface area contributed by atoms with E-state index in [2.05, 4.69) is 0 Å². The maximum absolute atomic E-state index is 12.7. The minimum atomic E-state index is -3.18. The normalized spacial score (nSPS) is 22.1. The molecular formula is C20H30N2O4S. The Morgan fingerprint density at radius 2 is 1.85 bits per heavy atom. The van der Waals surface area contributed by atoms with Crippen LogP contribution in [0.5, 0.6) is 5.75 Å². The van der Waals surface area contributed by atoms with Crippen molar-refractivity contribution >= 4 is 15.9 Å². The Balaban J connectivity index is 1.82. The van der Waals surface area contributed by atoms with Crippen molar-refractivity contribution in [3.05, 3.63) is 29.8 Å². The number of ether oxygens (including phenoxy) is 1. The molecule has 1 aromatic carbocycles. The summed E-state index contributed by atoms with van der Waals surface area (Å²) < 4.78 is 31.6. The van der Waals surface area contributed by atoms with Crippen LogP contribution in [0.2, 0.25) is 0 Å². The van der Waals surface area contributed by atoms with Gasteiger partial charge in [0, 0.05) is 51.4 Å². The van der Waals surface area contributed by atoms with Gasteiger partial charge in [0.1, 0.15) is 11.4 Å². The van der Waals surface area contributed by atoms with Crippen LogP contribution in [0.1, 0.15) is 51.0 Å². The van der Waals surface area contributed by atoms with Gasteiger partial charge in [-0.3, -0.25) is 4.79 Å². The molecule has 2 aliphatic rings. The highest BCUT2D eigenvalue weighted by Gasteiger charge is 2.44. The van der Waals surface area contributed by atoms with E-state index in [4.69, 9.17) is 4.74 Å². The van der Waals surface area contributed by atoms with Crippen LogP contribution < -0.4 is 4.74 Å². The van der Waals surface area contributed by atoms with Crippen molar-refractivity contribution in [2.24, 2.45) is 0 Å². The Morgan fingerprint density at radius 1 is 1.22 bits per heavy atom. The molecule has 0 saturated carbocycles. The quantitative estimate of drug-likeness (QED) is 0.770. The SMILES string of the molecule is CCN(CC)C(=O)CC1CC2(CCN(S(C)(=O)=O)CC2)Oc2ccccc21. The molecule has 1 unspecified atom stereocenters. The van der Waals surface area contributed by atoms with Crippen molar-refractivity contribution < 1.29 is 17.9 Å². The number of sulfonamides is 1. The topological polar surface area (TPSA) is 66.9 Å². The zero-order valence-corrected chi connectivity index (χ0v) is 17.3. The lowest BCUT2D eigenvalue weighted by molar-refractivity contribution is -0.131. The van der Waals surface area contributed by atoms with Gasteiger partial charge in [-0.2, -0.15) is 0 Å². The smallest absolute Gasteiger partial charge is 0.223 e. The Morgan fingerprint density at radius 3 is 2.44 bits per heavy atom. The van der Waals surface area contributed by atoms with Gasteiger partial charge in [0.25, 0.3) is 0 Å². The van der Waals surface area contributed by atoms with E-state index in [1.807, 2.05) is 43.0 Å². The van der Waals surface area contributed by atoms with Crippen molar-refractivity contribution in [3.63, 3.8) is 0 Å². The number of fused-ring (bicyclic) bond motifs is 1. The van der Waals surface area contributed by atoms with Crippen molar-refractivity contribution in [2.45, 2.75) is 51.0 Å². The largest absolute Gasteiger partial charge is 0.487 e. The molecule has 6 nitrogen and oxygen atoms in total. The zero-order chi connectivity index (χ0) is 19.7. The first kappa shape index (κ1) is 20.1. The highest BCUT2D eigenvalue weighted by Crippen LogP contribution is 2.46. The van der Waals surface area contributed by atoms with Crippen LogP contribution in [-0.4, -0.2) is 61.6 Å². The summed E-state index contributed by atoms with van der Waals surface area (Å²) in [6, 6.07) is 7.95. The second kappa shape index (κ2) is 7.80. The van der Waals surface area contributed by atoms with Crippen LogP contribution in [0.3, 0.4) is 0 Å². The van der Waals surface area contributed by atoms with Crippen molar-refractivity contribution in [1.29, 1.82) is 0 Å². The summed E-state index contributed by atoms with van der Waals surface area (Å²) >= 11 is 0. The predicted molar refractivity (Wildman–Crippen MR) is 105 cm³/mol. The third kappa shape index (κ3) is 4.29. The van der Waals surface area contributed by atoms with E-state index in [1.165, 1.54) is 10.6 Å². The van der Waals surface area contributed by atoms with Gasteiger partial charge in [0.15, 0.2) is 0 Å². The van der Waals surface area contributed by atoms with Crippen LogP contribution in [-0.2, 0) is 14.8 Å². The molecule has 0 radical (unpaired) electrons. The summed E-state index contributed by atoms with van der Waals surface area (Å²) in [5.74, 6) is 1.12. The number of para-hydroxylation sites is 1. The van der Waals surface area contributed by atoms with Crippen LogP contribution in [0, 0.1) is 0 Å². The summed E-state index contributed by atoms with van der Waals surface area (Å²) in [4.78, 5) is 14.6. The lowest BCUT2D eigenvalue weighted by Gasteiger charge is -2.46. The van der Waals surface area contributed by atoms with E-state index in [0.717, 1.165) is 17.7 Å². The van der Waals surface area contributed by atoms with Gasteiger partial charge in [-0.1, -0.05) is 18.2 Å². The number of benzene rings is 1. The molecule has 3 rings (SSSR count). The van der Waals surface area contributed by atoms with Crippen molar-refractivity contribution in [1.82, 2.24) is 9.21 Å². The molecule has 7 heteroatoms. The van der Waals surface area contributed by atoms with Gasteiger partial charge in [-0.25, -0.2) is 12.7 Å². The van der Waals surface area contributed by atoms with Gasteiger partial charge in [0.05, 0.1) is 6.26 Å². The van der Waals surface area contributed by atoms with Gasteiger partial charge < -0.3 is 9.64 Å². The fourth-order valence-corrected chi connectivity index (χ4v) is 5.22. The van der Waals surface area contributed by atoms with E-state index in [1.54, 1.807) is 0 Å². The zero-order valence-electron chi connectivity index (χ0n) is 16.5. The number of piperidine rings is 1. The number of hydrogen-bond donors (Lipinski definition) is 0. The Labute approximate surface area is 162 Å². The Bertz CT molecular complexity index is 781. The lowest BCUT2D eigenvalue weighted by atomic mass is 9.76. The molecule has 0 aliphatic carbocycles. The number of nitrogens with zero attached hydrogens (tertiary/aromatic N) is 2. The van der Waals surface area contributed by atoms with Gasteiger partial charge in [0.2, 0.25) is 15.9 Å². The summed E-state index contributed by atoms with van der Waals surface area (Å²) in [6.45, 7) is 6.38. The molecule has 0 aromatic heterocycles. The van der Waals surface area contributed by atoms with Crippen LogP contribution in [0.15, 0.2) is 24.3 Å². The monoisotopic (exact) mass is 394 g/mol. The molecule has 0 bridgehead atoms. The summed E-state index contributed by atoms with van der Waals surface area (Å²) in [7, 11) is -3.18. The number of hydrogen-bond acceptors (Lipinski definition) is 4. The van der Waals surface area contributed by atoms with Gasteiger partial charge in [-0.15, -0.1) is 0 Å². The molecule has 0 N–H and O–H groups in total.